The molecule has 2 aromatic carbocycles. The van der Waals surface area contributed by atoms with Crippen LogP contribution in [0, 0.1) is 11.8 Å². The molecule has 9 amide bonds. The van der Waals surface area contributed by atoms with Crippen LogP contribution in [-0.4, -0.2) is 247 Å². The Morgan fingerprint density at radius 2 is 0.991 bits per heavy atom. The Morgan fingerprint density at radius 1 is 0.500 bits per heavy atom. The van der Waals surface area contributed by atoms with E-state index in [1.807, 2.05) is 81.3 Å². The maximum absolute atomic E-state index is 13.6. The second-order valence-corrected chi connectivity index (χ2v) is 31.9. The molecule has 3 saturated heterocycles. The number of anilines is 1. The smallest absolute Gasteiger partial charge is 0.279 e. The van der Waals surface area contributed by atoms with E-state index in [1.54, 1.807) is 39.2 Å². The highest BCUT2D eigenvalue weighted by Gasteiger charge is 2.41. The maximum Gasteiger partial charge on any atom is 0.279 e. The van der Waals surface area contributed by atoms with Crippen LogP contribution in [0.4, 0.5) is 15.3 Å². The largest absolute Gasteiger partial charge is 0.347 e. The number of thioether (sulfide) groups is 5. The van der Waals surface area contributed by atoms with Crippen molar-refractivity contribution in [1.82, 2.24) is 100 Å². The van der Waals surface area contributed by atoms with Crippen molar-refractivity contribution in [3.05, 3.63) is 101 Å². The SMILES string of the molecule is [B]CCn1cc(CN2C(=O)CC(SC)C2=O)nn1.[B]CCn1cc(CNC(=O)SC)nn1.[B]CCn1nnc2c1-c1ccccc1CN(C(=O)CCCN1C(=O)CC(SC)C1=O)c1ccccc1-2.[B]CCn1nnc2c1CCCC(CN1C(=O)CC(SC)C1=O)CC2.[B]CCn1nnc2c1CCCC(CNC(=O)SC)CC2. The van der Waals surface area contributed by atoms with Gasteiger partial charge in [0.25, 0.3) is 10.5 Å². The number of para-hydroxylation sites is 1. The summed E-state index contributed by atoms with van der Waals surface area (Å²) >= 11 is 6.64. The van der Waals surface area contributed by atoms with E-state index in [4.69, 9.17) is 39.2 Å². The number of carbonyl (C=O) groups is 9. The van der Waals surface area contributed by atoms with Crippen LogP contribution >= 0.6 is 58.8 Å². The highest BCUT2D eigenvalue weighted by Crippen LogP contribution is 2.42. The lowest BCUT2D eigenvalue weighted by Crippen LogP contribution is -2.36. The van der Waals surface area contributed by atoms with Crippen LogP contribution < -0.4 is 15.5 Å². The summed E-state index contributed by atoms with van der Waals surface area (Å²) in [5, 5.41) is 46.3. The maximum atomic E-state index is 13.6. The molecule has 2 aliphatic carbocycles. The molecule has 10 radical (unpaired) electrons. The zero-order valence-corrected chi connectivity index (χ0v) is 68.3. The van der Waals surface area contributed by atoms with E-state index in [2.05, 4.69) is 62.2 Å². The third-order valence-electron chi connectivity index (χ3n) is 19.8. The van der Waals surface area contributed by atoms with Gasteiger partial charge in [-0.15, -0.1) is 25.5 Å². The topological polar surface area (TPSA) is 344 Å². The summed E-state index contributed by atoms with van der Waals surface area (Å²) in [5.74, 6) is 0.193. The lowest BCUT2D eigenvalue weighted by Gasteiger charge is -2.29. The zero-order chi connectivity index (χ0) is 80.2. The molecule has 112 heavy (non-hydrogen) atoms. The van der Waals surface area contributed by atoms with Gasteiger partial charge < -0.3 is 15.5 Å². The lowest BCUT2D eigenvalue weighted by molar-refractivity contribution is -0.140. The van der Waals surface area contributed by atoms with Crippen LogP contribution in [0.1, 0.15) is 110 Å². The van der Waals surface area contributed by atoms with Crippen molar-refractivity contribution < 1.29 is 43.2 Å². The van der Waals surface area contributed by atoms with E-state index in [0.29, 0.717) is 113 Å². The highest BCUT2D eigenvalue weighted by atomic mass is 32.2. The van der Waals surface area contributed by atoms with Gasteiger partial charge in [-0.1, -0.05) is 124 Å². The second kappa shape index (κ2) is 44.6. The third-order valence-corrected chi connectivity index (χ3v) is 23.6. The van der Waals surface area contributed by atoms with Crippen molar-refractivity contribution in [2.75, 3.05) is 55.8 Å². The summed E-state index contributed by atoms with van der Waals surface area (Å²) in [4.78, 5) is 114. The van der Waals surface area contributed by atoms with Crippen LogP contribution in [0.5, 0.6) is 0 Å². The van der Waals surface area contributed by atoms with Crippen molar-refractivity contribution in [3.8, 4) is 22.5 Å². The summed E-state index contributed by atoms with van der Waals surface area (Å²) in [7, 11) is 27.8. The van der Waals surface area contributed by atoms with Crippen molar-refractivity contribution in [1.29, 1.82) is 0 Å². The Labute approximate surface area is 681 Å². The van der Waals surface area contributed by atoms with Gasteiger partial charge in [0.1, 0.15) is 17.1 Å². The first-order valence-electron chi connectivity index (χ1n) is 37.6. The van der Waals surface area contributed by atoms with Gasteiger partial charge in [-0.3, -0.25) is 67.2 Å². The molecule has 7 aromatic rings. The van der Waals surface area contributed by atoms with Crippen molar-refractivity contribution >= 4 is 156 Å². The van der Waals surface area contributed by atoms with Gasteiger partial charge in [-0.2, -0.15) is 35.3 Å². The minimum Gasteiger partial charge on any atom is -0.347 e. The third kappa shape index (κ3) is 23.6. The number of benzene rings is 2. The van der Waals surface area contributed by atoms with E-state index >= 15 is 0 Å². The number of aromatic nitrogens is 15. The summed E-state index contributed by atoms with van der Waals surface area (Å²) < 4.78 is 8.96. The molecular weight excluding hydrogens is 1520 g/mol. The van der Waals surface area contributed by atoms with Crippen LogP contribution in [0.15, 0.2) is 60.9 Å². The summed E-state index contributed by atoms with van der Waals surface area (Å²) in [6.45, 7) is 5.77. The number of carbonyl (C=O) groups excluding carboxylic acids is 9. The van der Waals surface area contributed by atoms with E-state index in [0.717, 1.165) is 134 Å². The molecule has 9 heterocycles. The Hall–Kier alpha value is -7.96. The number of hydrogen-bond acceptors (Lipinski definition) is 24. The molecule has 2 N–H and O–H groups in total. The van der Waals surface area contributed by atoms with Gasteiger partial charge >= 0.3 is 0 Å². The molecule has 5 unspecified atom stereocenters. The molecule has 13 rings (SSSR count). The van der Waals surface area contributed by atoms with Crippen molar-refractivity contribution in [2.45, 2.75) is 196 Å². The molecular formula is C72H94B5N21O9S5. The molecule has 0 spiro atoms. The molecule has 5 aromatic heterocycles. The van der Waals surface area contributed by atoms with E-state index in [9.17, 15) is 43.2 Å². The normalized spacial score (nSPS) is 18.6. The van der Waals surface area contributed by atoms with E-state index in [1.165, 1.54) is 73.1 Å². The number of rotatable bonds is 25. The van der Waals surface area contributed by atoms with Crippen LogP contribution in [0.25, 0.3) is 22.5 Å². The van der Waals surface area contributed by atoms with Crippen molar-refractivity contribution in [2.24, 2.45) is 11.8 Å². The summed E-state index contributed by atoms with van der Waals surface area (Å²) in [6.07, 6.45) is 26.7. The molecule has 3 fully saturated rings. The Bertz CT molecular complexity index is 4340. The van der Waals surface area contributed by atoms with Crippen LogP contribution in [0.3, 0.4) is 0 Å². The zero-order valence-electron chi connectivity index (χ0n) is 64.2. The first-order valence-corrected chi connectivity index (χ1v) is 43.9. The number of amides is 9. The quantitative estimate of drug-likeness (QED) is 0.0445. The molecule has 5 atom stereocenters. The molecule has 586 valence electrons. The average Bonchev–Trinajstić information content (AvgIpc) is 1.45. The summed E-state index contributed by atoms with van der Waals surface area (Å²) in [6, 6.07) is 15.7. The Kier molecular flexibility index (Phi) is 35.1. The predicted octanol–water partition coefficient (Wildman–Crippen LogP) is 6.67. The fourth-order valence-corrected chi connectivity index (χ4v) is 16.3. The van der Waals surface area contributed by atoms with Gasteiger partial charge in [0.05, 0.1) is 121 Å². The van der Waals surface area contributed by atoms with Gasteiger partial charge in [-0.05, 0) is 125 Å². The number of nitrogens with zero attached hydrogens (tertiary/aromatic N) is 19. The minimum atomic E-state index is -0.312. The van der Waals surface area contributed by atoms with E-state index in [-0.39, 0.29) is 99.9 Å². The van der Waals surface area contributed by atoms with Gasteiger partial charge in [0, 0.05) is 89.2 Å². The van der Waals surface area contributed by atoms with Gasteiger partial charge in [-0.25, -0.2) is 14.0 Å². The first-order chi connectivity index (χ1) is 54.3. The predicted molar refractivity (Wildman–Crippen MR) is 441 cm³/mol. The number of imide groups is 3. The van der Waals surface area contributed by atoms with E-state index < -0.39 is 0 Å². The standard InChI is InChI=1S/C26H26BN5O3S.C16H23BN4O2S.C13H21BN4OS.C10H13BN4O2S.C7H11BN4OS/c1-36-21-15-23(34)30(26(21)35)13-6-11-22(33)31-16-17-7-2-3-8-18(17)25-24(28-29-32(25)14-12-27)19-9-4-5-10-20(19)31;1-24-14-9-15(22)20(16(14)23)10-11-3-2-4-13-12(6-5-11)18-19-21(13)8-7-17;1-20-13(19)15-9-10-3-2-4-12-11(6-5-10)16-17-18(12)8-7-14;1-18-8-4-9(16)15(10(8)17)6-7-5-14(3-2-11)13-12-7;1-14-7(13)9-4-6-5-12(3-2-8)11-10-6/h2-5,7-10,21H,6,11-16H2,1H3;11,14H,2-10H2,1H3;10H,2-9H2,1H3,(H,15,19);5,8H,2-4,6H2,1H3;5H,2-4H2,1H3,(H,9,13). The Balaban J connectivity index is 0.000000167. The van der Waals surface area contributed by atoms with Gasteiger partial charge in [0.15, 0.2) is 0 Å². The van der Waals surface area contributed by atoms with Gasteiger partial charge in [0.2, 0.25) is 41.4 Å². The fraction of sp³-hybridized carbons (Fsp3) is 0.569. The van der Waals surface area contributed by atoms with Crippen LogP contribution in [0.2, 0.25) is 31.6 Å². The molecule has 40 heteroatoms. The molecule has 0 saturated carbocycles. The molecule has 6 aliphatic rings. The highest BCUT2D eigenvalue weighted by molar-refractivity contribution is 8.13. The van der Waals surface area contributed by atoms with Crippen LogP contribution in [-0.2, 0) is 112 Å². The summed E-state index contributed by atoms with van der Waals surface area (Å²) in [5.41, 5.74) is 11.1. The first kappa shape index (κ1) is 88.0. The Morgan fingerprint density at radius 3 is 1.57 bits per heavy atom. The van der Waals surface area contributed by atoms with Crippen molar-refractivity contribution in [3.63, 3.8) is 0 Å². The number of hydrogen-bond donors (Lipinski definition) is 2. The number of fused-ring (bicyclic) bond motifs is 7. The molecule has 4 aliphatic heterocycles. The average molecular weight is 1610 g/mol. The number of likely N-dealkylation sites (tertiary alicyclic amines) is 3. The minimum absolute atomic E-state index is 0.0101. The monoisotopic (exact) mass is 1610 g/mol. The fourth-order valence-electron chi connectivity index (χ4n) is 14.0. The molecule has 0 bridgehead atoms. The number of nitrogens with one attached hydrogen (secondary N) is 2. The lowest BCUT2D eigenvalue weighted by atomic mass is 9.91. The second-order valence-electron chi connectivity index (χ2n) is 27.2. The number of aryl methyl sites for hydroxylation is 7. The molecule has 30 nitrogen and oxygen atoms in total.